The van der Waals surface area contributed by atoms with E-state index in [-0.39, 0.29) is 11.9 Å². The molecule has 0 aromatic heterocycles. The van der Waals surface area contributed by atoms with E-state index in [2.05, 4.69) is 91.6 Å². The Morgan fingerprint density at radius 3 is 2.28 bits per heavy atom. The topological polar surface area (TPSA) is 20.3 Å². The molecule has 1 heterocycles. The Balaban J connectivity index is 1.53. The summed E-state index contributed by atoms with van der Waals surface area (Å²) >= 11 is 1.89. The average molecular weight is 440 g/mol. The molecular formula is C29H29NOS. The molecule has 0 radical (unpaired) electrons. The predicted molar refractivity (Wildman–Crippen MR) is 135 cm³/mol. The van der Waals surface area contributed by atoms with Crippen LogP contribution >= 0.6 is 11.8 Å². The van der Waals surface area contributed by atoms with Crippen LogP contribution < -0.4 is 0 Å². The van der Waals surface area contributed by atoms with Crippen LogP contribution in [0.4, 0.5) is 0 Å². The van der Waals surface area contributed by atoms with E-state index in [0.29, 0.717) is 11.8 Å². The van der Waals surface area contributed by atoms with Crippen LogP contribution in [-0.4, -0.2) is 22.1 Å². The van der Waals surface area contributed by atoms with E-state index < -0.39 is 0 Å². The van der Waals surface area contributed by atoms with Gasteiger partial charge in [-0.05, 0) is 48.4 Å². The molecule has 0 bridgehead atoms. The van der Waals surface area contributed by atoms with Gasteiger partial charge in [-0.25, -0.2) is 0 Å². The number of hydrogen-bond donors (Lipinski definition) is 0. The van der Waals surface area contributed by atoms with Crippen LogP contribution in [0.15, 0.2) is 78.9 Å². The molecule has 0 N–H and O–H groups in total. The third-order valence-electron chi connectivity index (χ3n) is 6.64. The van der Waals surface area contributed by atoms with Gasteiger partial charge < -0.3 is 4.90 Å². The summed E-state index contributed by atoms with van der Waals surface area (Å²) < 4.78 is 0. The summed E-state index contributed by atoms with van der Waals surface area (Å²) in [5.41, 5.74) is 6.94. The first-order valence-corrected chi connectivity index (χ1v) is 12.4. The van der Waals surface area contributed by atoms with E-state index in [4.69, 9.17) is 0 Å². The van der Waals surface area contributed by atoms with Gasteiger partial charge in [0.05, 0.1) is 5.56 Å². The Morgan fingerprint density at radius 1 is 0.938 bits per heavy atom. The van der Waals surface area contributed by atoms with E-state index in [1.54, 1.807) is 0 Å². The molecule has 2 nitrogen and oxygen atoms in total. The second-order valence-electron chi connectivity index (χ2n) is 8.98. The Kier molecular flexibility index (Phi) is 5.93. The lowest BCUT2D eigenvalue weighted by molar-refractivity contribution is 0.0667. The molecule has 0 saturated heterocycles. The Labute approximate surface area is 195 Å². The van der Waals surface area contributed by atoms with Crippen molar-refractivity contribution >= 4 is 22.6 Å². The van der Waals surface area contributed by atoms with Crippen LogP contribution in [0.25, 0.3) is 4.91 Å². The van der Waals surface area contributed by atoms with Crippen molar-refractivity contribution in [3.05, 3.63) is 112 Å². The fourth-order valence-electron chi connectivity index (χ4n) is 4.96. The smallest absolute Gasteiger partial charge is 0.255 e. The van der Waals surface area contributed by atoms with Crippen molar-refractivity contribution in [1.82, 2.24) is 4.90 Å². The molecule has 1 aliphatic carbocycles. The van der Waals surface area contributed by atoms with Crippen molar-refractivity contribution < 1.29 is 4.79 Å². The molecule has 1 amide bonds. The zero-order valence-electron chi connectivity index (χ0n) is 18.8. The Bertz CT molecular complexity index is 1140. The van der Waals surface area contributed by atoms with Crippen LogP contribution in [0.5, 0.6) is 0 Å². The number of hydrogen-bond acceptors (Lipinski definition) is 2. The lowest BCUT2D eigenvalue weighted by atomic mass is 9.98. The minimum Gasteiger partial charge on any atom is -0.331 e. The minimum atomic E-state index is 0.154. The highest BCUT2D eigenvalue weighted by Crippen LogP contribution is 2.41. The molecule has 0 spiro atoms. The minimum absolute atomic E-state index is 0.154. The Hall–Kier alpha value is -2.78. The van der Waals surface area contributed by atoms with Crippen LogP contribution in [0.3, 0.4) is 0 Å². The Morgan fingerprint density at radius 2 is 1.62 bits per heavy atom. The zero-order valence-corrected chi connectivity index (χ0v) is 19.6. The number of fused-ring (bicyclic) bond motifs is 1. The highest BCUT2D eigenvalue weighted by Gasteiger charge is 2.33. The van der Waals surface area contributed by atoms with Gasteiger partial charge in [0.25, 0.3) is 5.91 Å². The molecule has 5 rings (SSSR count). The first kappa shape index (κ1) is 21.1. The van der Waals surface area contributed by atoms with Crippen LogP contribution in [0, 0.1) is 6.92 Å². The van der Waals surface area contributed by atoms with Gasteiger partial charge in [-0.15, -0.1) is 11.8 Å². The van der Waals surface area contributed by atoms with Crippen molar-refractivity contribution in [2.24, 2.45) is 0 Å². The average Bonchev–Trinajstić information content (AvgIpc) is 3.43. The van der Waals surface area contributed by atoms with Gasteiger partial charge in [0, 0.05) is 28.3 Å². The van der Waals surface area contributed by atoms with Gasteiger partial charge >= 0.3 is 0 Å². The number of amides is 1. The molecule has 0 fully saturated rings. The lowest BCUT2D eigenvalue weighted by Crippen LogP contribution is -2.41. The van der Waals surface area contributed by atoms with Gasteiger partial charge in [-0.3, -0.25) is 4.79 Å². The summed E-state index contributed by atoms with van der Waals surface area (Å²) in [5, 5.41) is 0.568. The summed E-state index contributed by atoms with van der Waals surface area (Å²) in [6.45, 7) is 4.96. The van der Waals surface area contributed by atoms with E-state index in [1.807, 2.05) is 17.8 Å². The van der Waals surface area contributed by atoms with Crippen LogP contribution in [0.1, 0.15) is 51.5 Å². The fourth-order valence-corrected chi connectivity index (χ4v) is 6.08. The summed E-state index contributed by atoms with van der Waals surface area (Å²) in [5.74, 6) is 0.154. The van der Waals surface area contributed by atoms with Gasteiger partial charge in [-0.2, -0.15) is 0 Å². The van der Waals surface area contributed by atoms with Crippen molar-refractivity contribution in [2.45, 2.75) is 50.9 Å². The van der Waals surface area contributed by atoms with Crippen LogP contribution in [0.2, 0.25) is 0 Å². The van der Waals surface area contributed by atoms with Crippen molar-refractivity contribution in [2.75, 3.05) is 0 Å². The van der Waals surface area contributed by atoms with Gasteiger partial charge in [0.15, 0.2) is 0 Å². The molecular weight excluding hydrogens is 410 g/mol. The fraction of sp³-hybridized carbons (Fsp3) is 0.276. The second kappa shape index (κ2) is 8.99. The predicted octanol–water partition coefficient (Wildman–Crippen LogP) is 6.67. The molecule has 3 aromatic rings. The first-order valence-electron chi connectivity index (χ1n) is 11.5. The van der Waals surface area contributed by atoms with E-state index >= 15 is 0 Å². The normalized spacial score (nSPS) is 17.8. The molecule has 3 aromatic carbocycles. The van der Waals surface area contributed by atoms with Crippen molar-refractivity contribution in [1.29, 1.82) is 0 Å². The molecule has 1 atom stereocenters. The SMILES string of the molecule is Cc1cccc(C2=CCC(C)S2)c1C(=O)N(Cc1ccccc1)C1Cc2ccccc2C1. The lowest BCUT2D eigenvalue weighted by Gasteiger charge is -2.31. The van der Waals surface area contributed by atoms with E-state index in [9.17, 15) is 4.79 Å². The number of carbonyl (C=O) groups excluding carboxylic acids is 1. The van der Waals surface area contributed by atoms with E-state index in [1.165, 1.54) is 21.6 Å². The van der Waals surface area contributed by atoms with Crippen LogP contribution in [-0.2, 0) is 19.4 Å². The van der Waals surface area contributed by atoms with E-state index in [0.717, 1.165) is 36.0 Å². The summed E-state index contributed by atoms with van der Waals surface area (Å²) in [6.07, 6.45) is 5.20. The van der Waals surface area contributed by atoms with Crippen molar-refractivity contribution in [3.8, 4) is 0 Å². The summed E-state index contributed by atoms with van der Waals surface area (Å²) in [7, 11) is 0. The maximum absolute atomic E-state index is 14.3. The second-order valence-corrected chi connectivity index (χ2v) is 10.5. The molecule has 1 aliphatic heterocycles. The summed E-state index contributed by atoms with van der Waals surface area (Å²) in [4.78, 5) is 17.6. The third-order valence-corrected chi connectivity index (χ3v) is 7.88. The first-order chi connectivity index (χ1) is 15.6. The highest BCUT2D eigenvalue weighted by molar-refractivity contribution is 8.09. The molecule has 32 heavy (non-hydrogen) atoms. The number of nitrogens with zero attached hydrogens (tertiary/aromatic N) is 1. The number of thioether (sulfide) groups is 1. The van der Waals surface area contributed by atoms with Crippen molar-refractivity contribution in [3.63, 3.8) is 0 Å². The van der Waals surface area contributed by atoms with Gasteiger partial charge in [0.2, 0.25) is 0 Å². The molecule has 3 heteroatoms. The number of carbonyl (C=O) groups is 1. The monoisotopic (exact) mass is 439 g/mol. The molecule has 2 aliphatic rings. The molecule has 1 unspecified atom stereocenters. The number of allylic oxidation sites excluding steroid dienone is 1. The molecule has 162 valence electrons. The number of aryl methyl sites for hydroxylation is 1. The zero-order chi connectivity index (χ0) is 22.1. The largest absolute Gasteiger partial charge is 0.331 e. The third kappa shape index (κ3) is 4.14. The molecule has 0 saturated carbocycles. The number of benzene rings is 3. The number of rotatable bonds is 5. The quantitative estimate of drug-likeness (QED) is 0.442. The summed E-state index contributed by atoms with van der Waals surface area (Å²) in [6, 6.07) is 25.5. The maximum Gasteiger partial charge on any atom is 0.255 e. The standard InChI is InChI=1S/C29H29NOS/c1-20-9-8-14-26(27-16-15-21(2)32-27)28(20)29(31)30(19-22-10-4-3-5-11-22)25-17-23-12-6-7-13-24(23)18-25/h3-14,16,21,25H,15,17-19H2,1-2H3. The van der Waals surface area contributed by atoms with Gasteiger partial charge in [-0.1, -0.05) is 85.8 Å². The maximum atomic E-state index is 14.3. The highest BCUT2D eigenvalue weighted by atomic mass is 32.2. The van der Waals surface area contributed by atoms with Gasteiger partial charge in [0.1, 0.15) is 0 Å².